The summed E-state index contributed by atoms with van der Waals surface area (Å²) in [6.45, 7) is 5.57. The summed E-state index contributed by atoms with van der Waals surface area (Å²) in [6, 6.07) is 2.61. The Morgan fingerprint density at radius 2 is 1.78 bits per heavy atom. The van der Waals surface area contributed by atoms with E-state index in [1.807, 2.05) is 31.9 Å². The molecule has 0 radical (unpaired) electrons. The van der Waals surface area contributed by atoms with Crippen LogP contribution in [0.5, 0.6) is 0 Å². The lowest BCUT2D eigenvalue weighted by atomic mass is 9.95. The molecule has 0 aromatic heterocycles. The van der Waals surface area contributed by atoms with Crippen molar-refractivity contribution in [2.24, 2.45) is 10.9 Å². The summed E-state index contributed by atoms with van der Waals surface area (Å²) >= 11 is 0. The monoisotopic (exact) mass is 578 g/mol. The summed E-state index contributed by atoms with van der Waals surface area (Å²) in [4.78, 5) is 47.9. The molecule has 9 nitrogen and oxygen atoms in total. The second-order valence-electron chi connectivity index (χ2n) is 10.9. The lowest BCUT2D eigenvalue weighted by Crippen LogP contribution is -2.55. The van der Waals surface area contributed by atoms with Gasteiger partial charge in [-0.3, -0.25) is 14.5 Å². The van der Waals surface area contributed by atoms with Gasteiger partial charge in [0.15, 0.2) is 0 Å². The molecule has 1 aromatic rings. The molecule has 1 N–H and O–H groups in total. The molecular formula is C28H34F4N6O3. The molecule has 222 valence electrons. The molecule has 1 aromatic carbocycles. The molecule has 3 atom stereocenters. The van der Waals surface area contributed by atoms with Crippen molar-refractivity contribution in [2.75, 3.05) is 57.5 Å². The topological polar surface area (TPSA) is 88.6 Å². The number of hydrogen-bond donors (Lipinski definition) is 1. The minimum atomic E-state index is -4.93. The summed E-state index contributed by atoms with van der Waals surface area (Å²) < 4.78 is 56.9. The number of alkyl halides is 3. The molecule has 4 rings (SSSR count). The minimum absolute atomic E-state index is 0.0768. The number of anilines is 2. The lowest BCUT2D eigenvalue weighted by Gasteiger charge is -2.44. The first kappa shape index (κ1) is 30.2. The summed E-state index contributed by atoms with van der Waals surface area (Å²) in [5.74, 6) is -4.60. The number of carbonyl (C=O) groups is 3. The Morgan fingerprint density at radius 1 is 1.12 bits per heavy atom. The Balaban J connectivity index is 1.74. The third kappa shape index (κ3) is 6.45. The number of halogens is 4. The molecule has 0 bridgehead atoms. The van der Waals surface area contributed by atoms with Crippen LogP contribution in [0.3, 0.4) is 0 Å². The molecule has 13 heteroatoms. The van der Waals surface area contributed by atoms with Gasteiger partial charge in [-0.1, -0.05) is 6.08 Å². The molecule has 3 aliphatic rings. The van der Waals surface area contributed by atoms with E-state index in [4.69, 9.17) is 0 Å². The van der Waals surface area contributed by atoms with Gasteiger partial charge in [0.1, 0.15) is 11.7 Å². The first-order valence-electron chi connectivity index (χ1n) is 13.3. The number of nitrogens with one attached hydrogen (secondary N) is 1. The SMILES string of the molecule is C[C@@H]1CN(c2cc(F)c(C3=CCCN(C(=O)N(C)C)C3)cc2NC(=O)C2C=NC(=O)C=C2C(F)(F)F)C[C@H](C)N1C. The van der Waals surface area contributed by atoms with Gasteiger partial charge < -0.3 is 20.0 Å². The quantitative estimate of drug-likeness (QED) is 0.550. The fraction of sp³-hybridized carbons (Fsp3) is 0.500. The number of amides is 4. The summed E-state index contributed by atoms with van der Waals surface area (Å²) in [5.41, 5.74) is -0.223. The Labute approximate surface area is 236 Å². The van der Waals surface area contributed by atoms with E-state index in [0.29, 0.717) is 49.6 Å². The minimum Gasteiger partial charge on any atom is -0.367 e. The van der Waals surface area contributed by atoms with Gasteiger partial charge in [0.25, 0.3) is 5.91 Å². The van der Waals surface area contributed by atoms with Crippen LogP contribution < -0.4 is 10.2 Å². The fourth-order valence-corrected chi connectivity index (χ4v) is 5.32. The van der Waals surface area contributed by atoms with Gasteiger partial charge in [0, 0.05) is 70.2 Å². The number of carbonyl (C=O) groups excluding carboxylic acids is 3. The van der Waals surface area contributed by atoms with E-state index in [2.05, 4.69) is 15.2 Å². The van der Waals surface area contributed by atoms with Crippen molar-refractivity contribution in [1.29, 1.82) is 0 Å². The van der Waals surface area contributed by atoms with E-state index in [1.165, 1.54) is 17.0 Å². The third-order valence-electron chi connectivity index (χ3n) is 7.77. The van der Waals surface area contributed by atoms with Crippen LogP contribution in [0.25, 0.3) is 5.57 Å². The highest BCUT2D eigenvalue weighted by molar-refractivity contribution is 6.11. The van der Waals surface area contributed by atoms with Crippen molar-refractivity contribution < 1.29 is 31.9 Å². The summed E-state index contributed by atoms with van der Waals surface area (Å²) in [5, 5.41) is 2.57. The van der Waals surface area contributed by atoms with Gasteiger partial charge >= 0.3 is 12.2 Å². The van der Waals surface area contributed by atoms with Crippen molar-refractivity contribution in [3.63, 3.8) is 0 Å². The lowest BCUT2D eigenvalue weighted by molar-refractivity contribution is -0.124. The van der Waals surface area contributed by atoms with Gasteiger partial charge in [-0.15, -0.1) is 0 Å². The smallest absolute Gasteiger partial charge is 0.367 e. The average Bonchev–Trinajstić information content (AvgIpc) is 2.91. The standard InChI is InChI=1S/C28H34F4N6O3/c1-16-13-38(14-17(2)36(16)5)24-11-22(29)19(18-7-6-8-37(15-18)27(41)35(3)4)9-23(24)34-26(40)20-12-33-25(39)10-21(20)28(30,31)32/h7,9-12,16-17,20H,6,8,13-15H2,1-5H3,(H,34,40)/t16-,17+,20?. The van der Waals surface area contributed by atoms with Gasteiger partial charge in [-0.25, -0.2) is 14.2 Å². The Hall–Kier alpha value is -3.74. The average molecular weight is 579 g/mol. The second kappa shape index (κ2) is 11.6. The molecule has 0 aliphatic carbocycles. The number of benzene rings is 1. The maximum absolute atomic E-state index is 15.8. The molecule has 3 aliphatic heterocycles. The number of rotatable bonds is 4. The van der Waals surface area contributed by atoms with Crippen molar-refractivity contribution in [2.45, 2.75) is 38.5 Å². The van der Waals surface area contributed by atoms with E-state index >= 15 is 4.39 Å². The van der Waals surface area contributed by atoms with Crippen LogP contribution in [0.2, 0.25) is 0 Å². The zero-order valence-electron chi connectivity index (χ0n) is 23.6. The predicted octanol–water partition coefficient (Wildman–Crippen LogP) is 3.78. The second-order valence-corrected chi connectivity index (χ2v) is 10.9. The van der Waals surface area contributed by atoms with Crippen LogP contribution >= 0.6 is 0 Å². The summed E-state index contributed by atoms with van der Waals surface area (Å²) in [7, 11) is 5.21. The number of dihydropyridines is 1. The first-order valence-corrected chi connectivity index (χ1v) is 13.3. The third-order valence-corrected chi connectivity index (χ3v) is 7.77. The molecular weight excluding hydrogens is 544 g/mol. The van der Waals surface area contributed by atoms with Crippen molar-refractivity contribution in [3.05, 3.63) is 41.2 Å². The van der Waals surface area contributed by atoms with Crippen LogP contribution in [0.1, 0.15) is 25.8 Å². The van der Waals surface area contributed by atoms with E-state index in [0.717, 1.165) is 0 Å². The molecule has 1 unspecified atom stereocenters. The number of nitrogens with zero attached hydrogens (tertiary/aromatic N) is 5. The normalized spacial score (nSPS) is 23.7. The molecule has 3 heterocycles. The first-order chi connectivity index (χ1) is 19.2. The van der Waals surface area contributed by atoms with Crippen molar-refractivity contribution in [3.8, 4) is 0 Å². The van der Waals surface area contributed by atoms with E-state index in [9.17, 15) is 27.6 Å². The Morgan fingerprint density at radius 3 is 2.39 bits per heavy atom. The maximum atomic E-state index is 15.8. The molecule has 1 fully saturated rings. The highest BCUT2D eigenvalue weighted by Crippen LogP contribution is 2.37. The molecule has 41 heavy (non-hydrogen) atoms. The fourth-order valence-electron chi connectivity index (χ4n) is 5.32. The van der Waals surface area contributed by atoms with Gasteiger partial charge in [0.05, 0.1) is 16.9 Å². The van der Waals surface area contributed by atoms with Crippen molar-refractivity contribution in [1.82, 2.24) is 14.7 Å². The number of aliphatic imine (C=N–C) groups is 1. The number of likely N-dealkylation sites (N-methyl/N-ethyl adjacent to an activating group) is 1. The van der Waals surface area contributed by atoms with Crippen LogP contribution in [0.4, 0.5) is 33.7 Å². The maximum Gasteiger partial charge on any atom is 0.414 e. The summed E-state index contributed by atoms with van der Waals surface area (Å²) in [6.07, 6.45) is -1.64. The van der Waals surface area contributed by atoms with Crippen molar-refractivity contribution >= 4 is 41.0 Å². The van der Waals surface area contributed by atoms with E-state index < -0.39 is 35.3 Å². The number of urea groups is 1. The number of piperazine rings is 1. The van der Waals surface area contributed by atoms with Gasteiger partial charge in [-0.05, 0) is 45.0 Å². The van der Waals surface area contributed by atoms with E-state index in [-0.39, 0.29) is 35.9 Å². The van der Waals surface area contributed by atoms with Crippen LogP contribution in [-0.4, -0.2) is 104 Å². The van der Waals surface area contributed by atoms with Crippen LogP contribution in [0.15, 0.2) is 34.9 Å². The predicted molar refractivity (Wildman–Crippen MR) is 148 cm³/mol. The number of hydrogen-bond acceptors (Lipinski definition) is 5. The molecule has 0 spiro atoms. The Kier molecular flexibility index (Phi) is 8.57. The highest BCUT2D eigenvalue weighted by Gasteiger charge is 2.43. The van der Waals surface area contributed by atoms with Crippen LogP contribution in [0, 0.1) is 11.7 Å². The molecule has 4 amide bonds. The van der Waals surface area contributed by atoms with E-state index in [1.54, 1.807) is 19.0 Å². The zero-order chi connectivity index (χ0) is 30.2. The largest absolute Gasteiger partial charge is 0.414 e. The van der Waals surface area contributed by atoms with Crippen LogP contribution in [-0.2, 0) is 9.59 Å². The molecule has 0 saturated carbocycles. The van der Waals surface area contributed by atoms with Gasteiger partial charge in [-0.2, -0.15) is 13.2 Å². The Bertz CT molecular complexity index is 1310. The highest BCUT2D eigenvalue weighted by atomic mass is 19.4. The molecule has 1 saturated heterocycles. The van der Waals surface area contributed by atoms with Gasteiger partial charge in [0.2, 0.25) is 5.91 Å². The zero-order valence-corrected chi connectivity index (χ0v) is 23.6.